The molecule has 23 N–H and O–H groups in total. The molecule has 13 rings (SSSR count). The third kappa shape index (κ3) is 17.7. The fraction of sp³-hybridized carbons (Fsp3) is 0.479. The lowest BCUT2D eigenvalue weighted by Crippen LogP contribution is -2.64. The number of aliphatic carboxylic acids is 1. The number of aliphatic hydroxyl groups is 6. The van der Waals surface area contributed by atoms with E-state index in [0.717, 1.165) is 48.5 Å². The number of carboxylic acid groups (broad SMARTS) is 1. The predicted molar refractivity (Wildman–Crippen MR) is 386 cm³/mol. The summed E-state index contributed by atoms with van der Waals surface area (Å²) in [4.78, 5) is 120. The smallest absolute Gasteiger partial charge is 0.330 e. The van der Waals surface area contributed by atoms with Crippen molar-refractivity contribution in [3.8, 4) is 57.1 Å². The number of carbonyl (C=O) groups is 8. The van der Waals surface area contributed by atoms with Crippen LogP contribution in [0, 0.1) is 5.92 Å². The summed E-state index contributed by atoms with van der Waals surface area (Å²) >= 11 is 14.5. The van der Waals surface area contributed by atoms with Crippen LogP contribution in [0.2, 0.25) is 10.0 Å². The Morgan fingerprint density at radius 1 is 0.658 bits per heavy atom. The number of primary amides is 1. The third-order valence-corrected chi connectivity index (χ3v) is 20.7. The fourth-order valence-electron chi connectivity index (χ4n) is 14.3. The van der Waals surface area contributed by atoms with Crippen molar-refractivity contribution in [1.82, 2.24) is 37.2 Å². The molecule has 0 aliphatic carbocycles. The summed E-state index contributed by atoms with van der Waals surface area (Å²) in [5.74, 6) is -16.1. The monoisotopic (exact) mass is 1590 g/mol. The minimum Gasteiger partial charge on any atom is -0.508 e. The zero-order valence-electron chi connectivity index (χ0n) is 60.7. The van der Waals surface area contributed by atoms with Gasteiger partial charge in [-0.05, 0) is 124 Å². The van der Waals surface area contributed by atoms with Crippen LogP contribution in [0.25, 0.3) is 11.1 Å². The largest absolute Gasteiger partial charge is 0.508 e. The van der Waals surface area contributed by atoms with Gasteiger partial charge in [0.25, 0.3) is 0 Å². The highest BCUT2D eigenvalue weighted by molar-refractivity contribution is 6.32. The predicted octanol–water partition coefficient (Wildman–Crippen LogP) is 0.344. The van der Waals surface area contributed by atoms with Crippen molar-refractivity contribution < 1.29 is 127 Å². The molecule has 600 valence electrons. The lowest BCUT2D eigenvalue weighted by Gasteiger charge is -2.47. The number of fused-ring (bicyclic) bond motifs is 15. The maximum Gasteiger partial charge on any atom is 0.330 e. The van der Waals surface area contributed by atoms with Crippen molar-refractivity contribution in [2.75, 3.05) is 13.7 Å². The Morgan fingerprint density at radius 2 is 1.23 bits per heavy atom. The Labute approximate surface area is 643 Å². The van der Waals surface area contributed by atoms with Crippen molar-refractivity contribution in [3.05, 3.63) is 117 Å². The number of hydrogen-bond donors (Lipinski definition) is 20. The van der Waals surface area contributed by atoms with Gasteiger partial charge in [0, 0.05) is 46.7 Å². The first-order chi connectivity index (χ1) is 52.3. The minimum absolute atomic E-state index is 0.110. The van der Waals surface area contributed by atoms with E-state index in [-0.39, 0.29) is 52.6 Å². The quantitative estimate of drug-likeness (QED) is 0.0672. The lowest BCUT2D eigenvalue weighted by molar-refractivity contribution is -0.333. The number of nitrogens with one attached hydrogen (secondary N) is 7. The first-order valence-corrected chi connectivity index (χ1v) is 36.1. The summed E-state index contributed by atoms with van der Waals surface area (Å²) in [6.45, 7) is 8.58. The van der Waals surface area contributed by atoms with Gasteiger partial charge < -0.3 is 143 Å². The first kappa shape index (κ1) is 82.6. The topological polar surface area (TPSA) is 575 Å². The molecule has 5 aromatic rings. The van der Waals surface area contributed by atoms with E-state index in [1.165, 1.54) is 65.1 Å². The Hall–Kier alpha value is -9.32. The van der Waals surface area contributed by atoms with Crippen molar-refractivity contribution in [3.63, 3.8) is 0 Å². The van der Waals surface area contributed by atoms with Crippen molar-refractivity contribution in [2.45, 2.75) is 201 Å². The summed E-state index contributed by atoms with van der Waals surface area (Å²) in [7, 11) is 1.47. The molecule has 7 amide bonds. The van der Waals surface area contributed by atoms with E-state index in [1.807, 2.05) is 13.8 Å². The molecule has 8 aliphatic heterocycles. The summed E-state index contributed by atoms with van der Waals surface area (Å²) in [6.07, 6.45) is -22.8. The van der Waals surface area contributed by atoms with E-state index < -0.39 is 261 Å². The molecule has 111 heavy (non-hydrogen) atoms. The van der Waals surface area contributed by atoms with Gasteiger partial charge in [0.15, 0.2) is 36.2 Å². The highest BCUT2D eigenvalue weighted by atomic mass is 35.5. The van der Waals surface area contributed by atoms with Crippen molar-refractivity contribution in [2.24, 2.45) is 23.1 Å². The Bertz CT molecular complexity index is 4420. The number of halogens is 2. The molecular formula is C73H88Cl2N10O26. The molecule has 0 spiro atoms. The summed E-state index contributed by atoms with van der Waals surface area (Å²) in [6, 6.07) is -0.452. The van der Waals surface area contributed by atoms with E-state index >= 15 is 19.2 Å². The number of phenols is 3. The average molecular weight is 1590 g/mol. The van der Waals surface area contributed by atoms with Gasteiger partial charge in [-0.1, -0.05) is 55.2 Å². The second kappa shape index (κ2) is 33.2. The molecule has 0 radical (unpaired) electrons. The number of hydrogen-bond acceptors (Lipinski definition) is 28. The Morgan fingerprint density at radius 3 is 1.79 bits per heavy atom. The van der Waals surface area contributed by atoms with E-state index in [1.54, 1.807) is 0 Å². The average Bonchev–Trinajstić information content (AvgIpc) is 0.763. The molecule has 5 aromatic carbocycles. The van der Waals surface area contributed by atoms with Gasteiger partial charge in [-0.3, -0.25) is 33.6 Å². The molecule has 11 bridgehead atoms. The van der Waals surface area contributed by atoms with Crippen LogP contribution in [0.15, 0.2) is 78.9 Å². The van der Waals surface area contributed by atoms with E-state index in [4.69, 9.17) is 78.3 Å². The number of phenolic OH excluding ortho intramolecular Hbond substituents is 3. The molecule has 0 saturated carbocycles. The molecule has 38 heteroatoms. The molecule has 22 atom stereocenters. The van der Waals surface area contributed by atoms with E-state index in [0.29, 0.717) is 0 Å². The molecule has 8 heterocycles. The van der Waals surface area contributed by atoms with Crippen LogP contribution in [0.5, 0.6) is 46.0 Å². The molecule has 36 nitrogen and oxygen atoms in total. The van der Waals surface area contributed by atoms with Crippen LogP contribution >= 0.6 is 23.2 Å². The van der Waals surface area contributed by atoms with Gasteiger partial charge in [0.2, 0.25) is 53.4 Å². The number of rotatable bonds is 15. The Balaban J connectivity index is 1.19. The van der Waals surface area contributed by atoms with E-state index in [9.17, 15) is 70.2 Å². The van der Waals surface area contributed by atoms with Crippen molar-refractivity contribution in [1.29, 1.82) is 0 Å². The number of nitrogens with two attached hydrogens (primary N) is 3. The SMILES string of the molecule is CN[C@H](CC(C)C)C(=O)N[C@H]1C(=O)N[C@@H](CC(N)=O)C(=O)N[C@H]2C(=O)N[C@H]3C(=O)NC(C(=O)N[C@H](C(=O)O)c4cc(O)cc(O)c4-c4cc3ccc4O)[C@H](OC3CC(C)(N)C(O)C(C)O3)c3ccc(c(Cl)c3)Oc3cc2cc(c3OC2OC(CO)C(O)C(O)C2OC2CC(C)(N)C(O)C(C)O2)Oc2ccc(cc2Cl)[C@H]1O. The first-order valence-electron chi connectivity index (χ1n) is 35.3. The number of benzene rings is 5. The third-order valence-electron chi connectivity index (χ3n) is 20.1. The highest BCUT2D eigenvalue weighted by Crippen LogP contribution is 2.50. The van der Waals surface area contributed by atoms with Crippen LogP contribution in [0.4, 0.5) is 0 Å². The number of aliphatic hydroxyl groups excluding tert-OH is 6. The molecule has 3 saturated heterocycles. The number of carboxylic acids is 1. The summed E-state index contributed by atoms with van der Waals surface area (Å²) < 4.78 is 51.7. The lowest BCUT2D eigenvalue weighted by atomic mass is 9.86. The van der Waals surface area contributed by atoms with Crippen molar-refractivity contribution >= 4 is 70.5 Å². The van der Waals surface area contributed by atoms with Crippen LogP contribution in [0.1, 0.15) is 125 Å². The van der Waals surface area contributed by atoms with Gasteiger partial charge in [-0.15, -0.1) is 0 Å². The highest BCUT2D eigenvalue weighted by Gasteiger charge is 2.52. The summed E-state index contributed by atoms with van der Waals surface area (Å²) in [5.41, 5.74) is 13.3. The minimum atomic E-state index is -2.38. The van der Waals surface area contributed by atoms with Crippen LogP contribution < -0.4 is 68.6 Å². The maximum atomic E-state index is 16.4. The normalized spacial score (nSPS) is 32.1. The van der Waals surface area contributed by atoms with Crippen LogP contribution in [-0.2, 0) is 62.0 Å². The number of amides is 7. The number of ether oxygens (including phenoxy) is 8. The molecule has 14 unspecified atom stereocenters. The zero-order valence-corrected chi connectivity index (χ0v) is 62.2. The Kier molecular flexibility index (Phi) is 24.7. The number of likely N-dealkylation sites (N-methyl/N-ethyl adjacent to an activating group) is 1. The maximum absolute atomic E-state index is 16.4. The van der Waals surface area contributed by atoms with Gasteiger partial charge in [-0.2, -0.15) is 0 Å². The second-order valence-electron chi connectivity index (χ2n) is 29.3. The summed E-state index contributed by atoms with van der Waals surface area (Å²) in [5, 5.41) is 131. The fourth-order valence-corrected chi connectivity index (χ4v) is 14.7. The number of aromatic hydroxyl groups is 3. The van der Waals surface area contributed by atoms with Gasteiger partial charge in [-0.25, -0.2) is 4.79 Å². The van der Waals surface area contributed by atoms with Crippen LogP contribution in [0.3, 0.4) is 0 Å². The zero-order chi connectivity index (χ0) is 80.9. The second-order valence-corrected chi connectivity index (χ2v) is 30.1. The van der Waals surface area contributed by atoms with Gasteiger partial charge in [0.05, 0.1) is 53.5 Å². The van der Waals surface area contributed by atoms with Gasteiger partial charge >= 0.3 is 5.97 Å². The van der Waals surface area contributed by atoms with E-state index in [2.05, 4.69) is 37.2 Å². The molecule has 8 aliphatic rings. The molecule has 0 aromatic heterocycles. The van der Waals surface area contributed by atoms with Gasteiger partial charge in [0.1, 0.15) is 89.5 Å². The van der Waals surface area contributed by atoms with Crippen LogP contribution in [-0.4, -0.2) is 215 Å². The molecule has 3 fully saturated rings. The molecular weight excluding hydrogens is 1500 g/mol. The number of carbonyl (C=O) groups excluding carboxylic acids is 7. The standard InChI is InChI=1S/C73H88Cl2N10O26/c1-26(2)14-38(79-7)64(96)84-54-56(91)30-9-12-42(36(74)16-30)106-44-18-32-19-45(60(44)111-71-61(58(93)57(92)46(25-86)108-71)110-49-24-73(6,78)63(95)28(4)105-49)107-43-13-10-31(17-37(43)75)59(109-48-23-72(5,77)62(94)27(3)104-48)55-69(101)83-53(70(102)103)35-20-33(87)21-41(89)50(35)34-15-29(8-11-40(34)88)51(66(98)85-55)82-67(99)52(32)81-65(97)39(22-47(76)90)80-68(54)100/h8-13,15-21,26-28,38-39,46,48-49,51-59,61-63,71,79,86-89,91-95H,14,22-25,77-78H2,1-7H3,(H2,76,90)(H,80,100)(H,81,97)(H,82,99)(H,83,101)(H,84,96)(H,85,98)(H,102,103)/t27?,28?,38-,39+,46?,48?,49?,51-,52-,53+,54-,55?,56-,57?,58?,59-,61?,62?,63?,71?,72?,73?/m1/s1.